The molecule has 0 aromatic carbocycles. The molecule has 0 aromatic rings. The van der Waals surface area contributed by atoms with Gasteiger partial charge < -0.3 is 9.64 Å². The minimum absolute atomic E-state index is 0.329. The molecule has 1 saturated heterocycles. The number of likely N-dealkylation sites (tertiary alicyclic amines) is 1. The maximum Gasteiger partial charge on any atom is 0.109 e. The second kappa shape index (κ2) is 6.19. The monoisotopic (exact) mass is 225 g/mol. The fraction of sp³-hybridized carbons (Fsp3) is 0.917. The van der Waals surface area contributed by atoms with Gasteiger partial charge in [0.15, 0.2) is 0 Å². The van der Waals surface area contributed by atoms with Crippen LogP contribution in [0.1, 0.15) is 26.7 Å². The Hall–Kier alpha value is -0.630. The molecule has 1 heterocycles. The van der Waals surface area contributed by atoms with Gasteiger partial charge >= 0.3 is 0 Å². The summed E-state index contributed by atoms with van der Waals surface area (Å²) in [6, 6.07) is 3.02. The van der Waals surface area contributed by atoms with Gasteiger partial charge in [0.05, 0.1) is 12.7 Å². The Kier molecular flexibility index (Phi) is 5.20. The van der Waals surface area contributed by atoms with E-state index in [1.807, 2.05) is 0 Å². The molecular weight excluding hydrogens is 202 g/mol. The van der Waals surface area contributed by atoms with Gasteiger partial charge in [-0.25, -0.2) is 0 Å². The number of nitrogens with zero attached hydrogens (tertiary/aromatic N) is 2. The Balaban J connectivity index is 2.43. The van der Waals surface area contributed by atoms with Gasteiger partial charge in [0.25, 0.3) is 0 Å². The van der Waals surface area contributed by atoms with Crippen LogP contribution in [0.25, 0.3) is 0 Å². The highest BCUT2D eigenvalue weighted by molar-refractivity contribution is 5.09. The molecule has 0 spiro atoms. The summed E-state index contributed by atoms with van der Waals surface area (Å²) in [4.78, 5) is 2.42. The zero-order valence-electron chi connectivity index (χ0n) is 10.6. The Morgan fingerprint density at radius 3 is 2.50 bits per heavy atom. The highest BCUT2D eigenvalue weighted by atomic mass is 16.5. The lowest BCUT2D eigenvalue weighted by Gasteiger charge is -2.39. The van der Waals surface area contributed by atoms with E-state index in [1.54, 1.807) is 7.11 Å². The van der Waals surface area contributed by atoms with Gasteiger partial charge in [-0.05, 0) is 26.7 Å². The number of rotatable bonds is 5. The first-order valence-corrected chi connectivity index (χ1v) is 6.03. The van der Waals surface area contributed by atoms with Gasteiger partial charge in [-0.15, -0.1) is 0 Å². The van der Waals surface area contributed by atoms with Gasteiger partial charge in [0, 0.05) is 32.8 Å². The lowest BCUT2D eigenvalue weighted by atomic mass is 9.88. The maximum atomic E-state index is 9.29. The number of ether oxygens (including phenoxy) is 1. The number of nitrogens with one attached hydrogen (secondary N) is 1. The quantitative estimate of drug-likeness (QED) is 0.709. The molecule has 1 rings (SSSR count). The molecule has 92 valence electrons. The third-order valence-electron chi connectivity index (χ3n) is 3.37. The smallest absolute Gasteiger partial charge is 0.109 e. The summed E-state index contributed by atoms with van der Waals surface area (Å²) in [5, 5.41) is 12.6. The van der Waals surface area contributed by atoms with Crippen molar-refractivity contribution in [2.24, 2.45) is 0 Å². The van der Waals surface area contributed by atoms with Crippen LogP contribution >= 0.6 is 0 Å². The van der Waals surface area contributed by atoms with E-state index >= 15 is 0 Å². The topological polar surface area (TPSA) is 48.3 Å². The van der Waals surface area contributed by atoms with Crippen LogP contribution in [0, 0.1) is 11.3 Å². The summed E-state index contributed by atoms with van der Waals surface area (Å²) < 4.78 is 5.00. The predicted octanol–water partition coefficient (Wildman–Crippen LogP) is 0.989. The van der Waals surface area contributed by atoms with E-state index < -0.39 is 0 Å². The fourth-order valence-corrected chi connectivity index (χ4v) is 2.14. The van der Waals surface area contributed by atoms with Crippen molar-refractivity contribution in [2.75, 3.05) is 33.4 Å². The SMILES string of the molecule is COCCNC1(C#N)CCN(C(C)C)CC1. The van der Waals surface area contributed by atoms with E-state index in [-0.39, 0.29) is 5.54 Å². The highest BCUT2D eigenvalue weighted by Crippen LogP contribution is 2.22. The van der Waals surface area contributed by atoms with Crippen LogP contribution in [0.3, 0.4) is 0 Å². The number of methoxy groups -OCH3 is 1. The second-order valence-corrected chi connectivity index (χ2v) is 4.74. The van der Waals surface area contributed by atoms with E-state index in [0.717, 1.165) is 32.5 Å². The average molecular weight is 225 g/mol. The van der Waals surface area contributed by atoms with Crippen molar-refractivity contribution in [1.29, 1.82) is 5.26 Å². The molecule has 1 aliphatic rings. The summed E-state index contributed by atoms with van der Waals surface area (Å²) in [5.41, 5.74) is -0.329. The van der Waals surface area contributed by atoms with Crippen molar-refractivity contribution in [1.82, 2.24) is 10.2 Å². The minimum atomic E-state index is -0.329. The van der Waals surface area contributed by atoms with E-state index in [2.05, 4.69) is 30.1 Å². The lowest BCUT2D eigenvalue weighted by Crippen LogP contribution is -2.54. The zero-order chi connectivity index (χ0) is 12.0. The van der Waals surface area contributed by atoms with E-state index in [4.69, 9.17) is 4.74 Å². The van der Waals surface area contributed by atoms with Crippen LogP contribution in [-0.2, 0) is 4.74 Å². The van der Waals surface area contributed by atoms with E-state index in [9.17, 15) is 5.26 Å². The molecule has 0 unspecified atom stereocenters. The number of hydrogen-bond donors (Lipinski definition) is 1. The third-order valence-corrected chi connectivity index (χ3v) is 3.37. The molecule has 1 aliphatic heterocycles. The van der Waals surface area contributed by atoms with Crippen molar-refractivity contribution in [3.63, 3.8) is 0 Å². The molecule has 0 radical (unpaired) electrons. The Morgan fingerprint density at radius 1 is 1.44 bits per heavy atom. The van der Waals surface area contributed by atoms with Crippen LogP contribution in [-0.4, -0.2) is 49.8 Å². The van der Waals surface area contributed by atoms with Crippen molar-refractivity contribution in [2.45, 2.75) is 38.3 Å². The van der Waals surface area contributed by atoms with Crippen molar-refractivity contribution >= 4 is 0 Å². The molecule has 0 atom stereocenters. The maximum absolute atomic E-state index is 9.29. The molecule has 16 heavy (non-hydrogen) atoms. The summed E-state index contributed by atoms with van der Waals surface area (Å²) in [5.74, 6) is 0. The van der Waals surface area contributed by atoms with Gasteiger partial charge in [-0.1, -0.05) is 0 Å². The van der Waals surface area contributed by atoms with E-state index in [0.29, 0.717) is 12.6 Å². The Labute approximate surface area is 98.6 Å². The lowest BCUT2D eigenvalue weighted by molar-refractivity contribution is 0.126. The molecule has 0 saturated carbocycles. The first-order valence-electron chi connectivity index (χ1n) is 6.03. The van der Waals surface area contributed by atoms with Crippen molar-refractivity contribution < 1.29 is 4.74 Å². The molecule has 0 amide bonds. The van der Waals surface area contributed by atoms with Crippen molar-refractivity contribution in [3.05, 3.63) is 0 Å². The van der Waals surface area contributed by atoms with Gasteiger partial charge in [0.1, 0.15) is 5.54 Å². The molecule has 1 N–H and O–H groups in total. The molecular formula is C12H23N3O. The molecule has 4 nitrogen and oxygen atoms in total. The highest BCUT2D eigenvalue weighted by Gasteiger charge is 2.34. The second-order valence-electron chi connectivity index (χ2n) is 4.74. The predicted molar refractivity (Wildman–Crippen MR) is 64.2 cm³/mol. The number of piperidine rings is 1. The summed E-state index contributed by atoms with van der Waals surface area (Å²) in [6.45, 7) is 7.84. The molecule has 0 bridgehead atoms. The van der Waals surface area contributed by atoms with Gasteiger partial charge in [0.2, 0.25) is 0 Å². The summed E-state index contributed by atoms with van der Waals surface area (Å²) in [7, 11) is 1.68. The normalized spacial score (nSPS) is 20.9. The molecule has 1 fully saturated rings. The zero-order valence-corrected chi connectivity index (χ0v) is 10.6. The van der Waals surface area contributed by atoms with Crippen LogP contribution in [0.5, 0.6) is 0 Å². The van der Waals surface area contributed by atoms with Crippen LogP contribution in [0.2, 0.25) is 0 Å². The van der Waals surface area contributed by atoms with E-state index in [1.165, 1.54) is 0 Å². The molecule has 0 aliphatic carbocycles. The molecule has 0 aromatic heterocycles. The van der Waals surface area contributed by atoms with Crippen molar-refractivity contribution in [3.8, 4) is 6.07 Å². The summed E-state index contributed by atoms with van der Waals surface area (Å²) >= 11 is 0. The van der Waals surface area contributed by atoms with Crippen LogP contribution in [0.4, 0.5) is 0 Å². The van der Waals surface area contributed by atoms with Gasteiger partial charge in [-0.3, -0.25) is 5.32 Å². The van der Waals surface area contributed by atoms with Crippen LogP contribution in [0.15, 0.2) is 0 Å². The molecule has 4 heteroatoms. The van der Waals surface area contributed by atoms with Crippen LogP contribution < -0.4 is 5.32 Å². The largest absolute Gasteiger partial charge is 0.383 e. The Morgan fingerprint density at radius 2 is 2.06 bits per heavy atom. The minimum Gasteiger partial charge on any atom is -0.383 e. The first kappa shape index (κ1) is 13.4. The average Bonchev–Trinajstić information content (AvgIpc) is 2.30. The van der Waals surface area contributed by atoms with Gasteiger partial charge in [-0.2, -0.15) is 5.26 Å². The third kappa shape index (κ3) is 3.44. The number of nitriles is 1. The summed E-state index contributed by atoms with van der Waals surface area (Å²) in [6.07, 6.45) is 1.82. The Bertz CT molecular complexity index is 239. The number of hydrogen-bond acceptors (Lipinski definition) is 4. The standard InChI is InChI=1S/C12H23N3O/c1-11(2)15-7-4-12(10-13,5-8-15)14-6-9-16-3/h11,14H,4-9H2,1-3H3. The fourth-order valence-electron chi connectivity index (χ4n) is 2.14. The first-order chi connectivity index (χ1) is 7.63.